The molecule has 2 aromatic rings. The van der Waals surface area contributed by atoms with Crippen molar-refractivity contribution in [3.8, 4) is 17.1 Å². The number of benzene rings is 1. The Morgan fingerprint density at radius 1 is 1.36 bits per heavy atom. The van der Waals surface area contributed by atoms with E-state index in [9.17, 15) is 9.18 Å². The number of amidine groups is 1. The molecule has 3 N–H and O–H groups in total. The van der Waals surface area contributed by atoms with Gasteiger partial charge < -0.3 is 19.9 Å². The van der Waals surface area contributed by atoms with Crippen LogP contribution in [0, 0.1) is 17.1 Å². The van der Waals surface area contributed by atoms with Crippen LogP contribution in [0.5, 0.6) is 6.01 Å². The van der Waals surface area contributed by atoms with Gasteiger partial charge in [0.1, 0.15) is 24.7 Å². The summed E-state index contributed by atoms with van der Waals surface area (Å²) >= 11 is 0. The number of ether oxygens (including phenoxy) is 3. The Morgan fingerprint density at radius 2 is 2.14 bits per heavy atom. The smallest absolute Gasteiger partial charge is 0.316 e. The van der Waals surface area contributed by atoms with Gasteiger partial charge in [-0.05, 0) is 6.42 Å². The molecule has 1 atom stereocenters. The summed E-state index contributed by atoms with van der Waals surface area (Å²) < 4.78 is 30.6. The molecule has 8 nitrogen and oxygen atoms in total. The predicted molar refractivity (Wildman–Crippen MR) is 98.2 cm³/mol. The van der Waals surface area contributed by atoms with Crippen LogP contribution in [0.2, 0.25) is 0 Å². The number of halogens is 1. The molecule has 0 spiro atoms. The van der Waals surface area contributed by atoms with Crippen molar-refractivity contribution in [3.63, 3.8) is 0 Å². The molecule has 0 radical (unpaired) electrons. The molecule has 1 unspecified atom stereocenters. The van der Waals surface area contributed by atoms with Crippen LogP contribution in [-0.2, 0) is 20.9 Å². The van der Waals surface area contributed by atoms with Crippen molar-refractivity contribution in [2.75, 3.05) is 19.8 Å². The Hall–Kier alpha value is -3.07. The zero-order chi connectivity index (χ0) is 19.9. The number of carbonyl (C=O) groups excluding carboxylic acids is 1. The second kappa shape index (κ2) is 9.23. The summed E-state index contributed by atoms with van der Waals surface area (Å²) in [6, 6.07) is 4.98. The predicted octanol–water partition coefficient (Wildman–Crippen LogP) is 2.07. The minimum Gasteiger partial charge on any atom is -0.463 e. The fraction of sp³-hybridized carbons (Fsp3) is 0.368. The molecule has 0 aliphatic carbocycles. The maximum absolute atomic E-state index is 14.8. The summed E-state index contributed by atoms with van der Waals surface area (Å²) in [4.78, 5) is 19.7. The van der Waals surface area contributed by atoms with Crippen molar-refractivity contribution in [2.45, 2.75) is 19.4 Å². The molecule has 1 aliphatic heterocycles. The third-order valence-electron chi connectivity index (χ3n) is 4.21. The zero-order valence-corrected chi connectivity index (χ0v) is 15.2. The molecule has 0 saturated carbocycles. The molecular weight excluding hydrogens is 367 g/mol. The Kier molecular flexibility index (Phi) is 6.49. The van der Waals surface area contributed by atoms with Crippen molar-refractivity contribution in [1.82, 2.24) is 9.97 Å². The van der Waals surface area contributed by atoms with E-state index < -0.39 is 11.8 Å². The SMILES string of the molecule is N=C(N)CC(=O)OCc1cccc(-c2cnc(OCC3CCOC3)nc2)c1F. The van der Waals surface area contributed by atoms with Crippen LogP contribution in [0.4, 0.5) is 4.39 Å². The molecule has 0 amide bonds. The highest BCUT2D eigenvalue weighted by atomic mass is 19.1. The summed E-state index contributed by atoms with van der Waals surface area (Å²) in [5, 5.41) is 7.06. The summed E-state index contributed by atoms with van der Waals surface area (Å²) in [5.74, 6) is -1.18. The van der Waals surface area contributed by atoms with Gasteiger partial charge in [-0.25, -0.2) is 14.4 Å². The molecule has 1 aromatic heterocycles. The highest BCUT2D eigenvalue weighted by molar-refractivity contribution is 5.94. The molecule has 148 valence electrons. The van der Waals surface area contributed by atoms with Crippen LogP contribution >= 0.6 is 0 Å². The summed E-state index contributed by atoms with van der Waals surface area (Å²) in [6.07, 6.45) is 3.59. The fourth-order valence-electron chi connectivity index (χ4n) is 2.72. The molecule has 1 fully saturated rings. The van der Waals surface area contributed by atoms with Crippen molar-refractivity contribution in [1.29, 1.82) is 5.41 Å². The zero-order valence-electron chi connectivity index (χ0n) is 15.2. The molecule has 1 aliphatic rings. The van der Waals surface area contributed by atoms with Gasteiger partial charge in [-0.1, -0.05) is 18.2 Å². The maximum Gasteiger partial charge on any atom is 0.316 e. The summed E-state index contributed by atoms with van der Waals surface area (Å²) in [7, 11) is 0. The molecular formula is C19H21FN4O4. The van der Waals surface area contributed by atoms with Gasteiger partial charge in [0.25, 0.3) is 0 Å². The number of esters is 1. The van der Waals surface area contributed by atoms with E-state index in [4.69, 9.17) is 25.4 Å². The van der Waals surface area contributed by atoms with Gasteiger partial charge in [0.15, 0.2) is 0 Å². The van der Waals surface area contributed by atoms with E-state index in [0.29, 0.717) is 24.7 Å². The number of rotatable bonds is 8. The van der Waals surface area contributed by atoms with E-state index in [2.05, 4.69) is 9.97 Å². The van der Waals surface area contributed by atoms with E-state index in [1.54, 1.807) is 12.1 Å². The van der Waals surface area contributed by atoms with Gasteiger partial charge in [0.05, 0.1) is 13.2 Å². The Labute approximate surface area is 161 Å². The number of hydrogen-bond donors (Lipinski definition) is 2. The minimum absolute atomic E-state index is 0.205. The van der Waals surface area contributed by atoms with Crippen molar-refractivity contribution < 1.29 is 23.4 Å². The third kappa shape index (κ3) is 5.23. The number of nitrogens with two attached hydrogens (primary N) is 1. The molecule has 9 heteroatoms. The summed E-state index contributed by atoms with van der Waals surface area (Å²) in [5.41, 5.74) is 6.11. The lowest BCUT2D eigenvalue weighted by Gasteiger charge is -2.10. The maximum atomic E-state index is 14.8. The molecule has 1 aromatic carbocycles. The number of aromatic nitrogens is 2. The normalized spacial score (nSPS) is 16.0. The monoisotopic (exact) mass is 388 g/mol. The highest BCUT2D eigenvalue weighted by Crippen LogP contribution is 2.25. The quantitative estimate of drug-likeness (QED) is 0.403. The number of nitrogens with one attached hydrogen (secondary N) is 1. The number of hydrogen-bond acceptors (Lipinski definition) is 7. The fourth-order valence-corrected chi connectivity index (χ4v) is 2.72. The topological polar surface area (TPSA) is 120 Å². The third-order valence-corrected chi connectivity index (χ3v) is 4.21. The largest absolute Gasteiger partial charge is 0.463 e. The van der Waals surface area contributed by atoms with Gasteiger partial charge in [0.2, 0.25) is 0 Å². The minimum atomic E-state index is -0.685. The average molecular weight is 388 g/mol. The Balaban J connectivity index is 1.64. The lowest BCUT2D eigenvalue weighted by atomic mass is 10.1. The van der Waals surface area contributed by atoms with Crippen LogP contribution in [0.15, 0.2) is 30.6 Å². The molecule has 2 heterocycles. The van der Waals surface area contributed by atoms with Gasteiger partial charge in [0, 0.05) is 41.6 Å². The van der Waals surface area contributed by atoms with Crippen LogP contribution in [0.3, 0.4) is 0 Å². The first-order valence-corrected chi connectivity index (χ1v) is 8.82. The highest BCUT2D eigenvalue weighted by Gasteiger charge is 2.17. The molecule has 3 rings (SSSR count). The van der Waals surface area contributed by atoms with E-state index in [1.807, 2.05) is 0 Å². The first kappa shape index (κ1) is 19.7. The average Bonchev–Trinajstić information content (AvgIpc) is 3.19. The number of nitrogens with zero attached hydrogens (tertiary/aromatic N) is 2. The molecule has 1 saturated heterocycles. The van der Waals surface area contributed by atoms with Crippen molar-refractivity contribution >= 4 is 11.8 Å². The van der Waals surface area contributed by atoms with Crippen LogP contribution < -0.4 is 10.5 Å². The van der Waals surface area contributed by atoms with Gasteiger partial charge in [-0.3, -0.25) is 10.2 Å². The standard InChI is InChI=1S/C19H21FN4O4/c20-18-13(11-27-17(25)6-16(21)22)2-1-3-15(18)14-7-23-19(24-8-14)28-10-12-4-5-26-9-12/h1-3,7-8,12H,4-6,9-11H2,(H3,21,22). The van der Waals surface area contributed by atoms with Crippen molar-refractivity contribution in [3.05, 3.63) is 42.0 Å². The second-order valence-electron chi connectivity index (χ2n) is 6.44. The van der Waals surface area contributed by atoms with Crippen LogP contribution in [0.25, 0.3) is 11.1 Å². The Bertz CT molecular complexity index is 838. The van der Waals surface area contributed by atoms with Crippen LogP contribution in [-0.4, -0.2) is 41.6 Å². The Morgan fingerprint density at radius 3 is 2.82 bits per heavy atom. The number of carbonyl (C=O) groups is 1. The lowest BCUT2D eigenvalue weighted by Crippen LogP contribution is -2.17. The first-order valence-electron chi connectivity index (χ1n) is 8.82. The van der Waals surface area contributed by atoms with Gasteiger partial charge in [-0.2, -0.15) is 0 Å². The van der Waals surface area contributed by atoms with E-state index in [0.717, 1.165) is 13.0 Å². The van der Waals surface area contributed by atoms with Crippen molar-refractivity contribution in [2.24, 2.45) is 11.7 Å². The summed E-state index contributed by atoms with van der Waals surface area (Å²) in [6.45, 7) is 1.65. The molecule has 28 heavy (non-hydrogen) atoms. The van der Waals surface area contributed by atoms with E-state index in [1.165, 1.54) is 18.5 Å². The van der Waals surface area contributed by atoms with Crippen LogP contribution in [0.1, 0.15) is 18.4 Å². The van der Waals surface area contributed by atoms with Gasteiger partial charge in [-0.15, -0.1) is 0 Å². The van der Waals surface area contributed by atoms with E-state index in [-0.39, 0.29) is 36.0 Å². The lowest BCUT2D eigenvalue weighted by molar-refractivity contribution is -0.143. The first-order chi connectivity index (χ1) is 13.5. The molecule has 0 bridgehead atoms. The van der Waals surface area contributed by atoms with Gasteiger partial charge >= 0.3 is 12.0 Å². The van der Waals surface area contributed by atoms with E-state index >= 15 is 0 Å². The second-order valence-corrected chi connectivity index (χ2v) is 6.44.